The van der Waals surface area contributed by atoms with Crippen molar-refractivity contribution < 1.29 is 9.53 Å². The van der Waals surface area contributed by atoms with Gasteiger partial charge in [-0.2, -0.15) is 0 Å². The predicted molar refractivity (Wildman–Crippen MR) is 151 cm³/mol. The SMILES string of the molecule is O=C(NC1CCN(c2ccccc2)CC1)C1Cc2cccc(N3CCN(CCc4ccccn4)CC3)c2O1. The summed E-state index contributed by atoms with van der Waals surface area (Å²) in [6.45, 7) is 6.89. The van der Waals surface area contributed by atoms with Gasteiger partial charge in [0.15, 0.2) is 6.10 Å². The molecule has 3 aromatic rings. The molecular weight excluding hydrogens is 474 g/mol. The Balaban J connectivity index is 0.998. The van der Waals surface area contributed by atoms with Crippen LogP contribution in [0.3, 0.4) is 0 Å². The minimum Gasteiger partial charge on any atom is -0.478 e. The van der Waals surface area contributed by atoms with Gasteiger partial charge in [0, 0.05) is 87.8 Å². The second-order valence-corrected chi connectivity index (χ2v) is 10.6. The highest BCUT2D eigenvalue weighted by molar-refractivity contribution is 5.83. The van der Waals surface area contributed by atoms with Crippen LogP contribution in [0.25, 0.3) is 0 Å². The number of amides is 1. The van der Waals surface area contributed by atoms with Crippen molar-refractivity contribution in [1.82, 2.24) is 15.2 Å². The molecule has 3 aliphatic rings. The third-order valence-corrected chi connectivity index (χ3v) is 8.12. The number of carbonyl (C=O) groups excluding carboxylic acids is 1. The molecule has 1 N–H and O–H groups in total. The zero-order valence-electron chi connectivity index (χ0n) is 22.0. The first-order valence-electron chi connectivity index (χ1n) is 14.0. The summed E-state index contributed by atoms with van der Waals surface area (Å²) in [5.74, 6) is 0.915. The Kier molecular flexibility index (Phi) is 7.45. The van der Waals surface area contributed by atoms with Crippen molar-refractivity contribution in [1.29, 1.82) is 0 Å². The molecule has 38 heavy (non-hydrogen) atoms. The maximum atomic E-state index is 13.2. The highest BCUT2D eigenvalue weighted by Gasteiger charge is 2.34. The fraction of sp³-hybridized carbons (Fsp3) is 0.419. The van der Waals surface area contributed by atoms with Gasteiger partial charge in [-0.3, -0.25) is 14.7 Å². The number of rotatable bonds is 7. The molecule has 6 rings (SSSR count). The van der Waals surface area contributed by atoms with Gasteiger partial charge in [-0.25, -0.2) is 0 Å². The van der Waals surface area contributed by atoms with Crippen LogP contribution in [0.4, 0.5) is 11.4 Å². The zero-order chi connectivity index (χ0) is 25.7. The van der Waals surface area contributed by atoms with E-state index in [1.54, 1.807) is 0 Å². The summed E-state index contributed by atoms with van der Waals surface area (Å²) >= 11 is 0. The lowest BCUT2D eigenvalue weighted by atomic mass is 10.0. The van der Waals surface area contributed by atoms with Crippen LogP contribution >= 0.6 is 0 Å². The molecule has 7 heteroatoms. The first-order valence-corrected chi connectivity index (χ1v) is 14.0. The lowest BCUT2D eigenvalue weighted by Crippen LogP contribution is -2.48. The van der Waals surface area contributed by atoms with Crippen molar-refractivity contribution in [2.24, 2.45) is 0 Å². The predicted octanol–water partition coefficient (Wildman–Crippen LogP) is 3.54. The van der Waals surface area contributed by atoms with Gasteiger partial charge in [-0.05, 0) is 43.2 Å². The maximum absolute atomic E-state index is 13.2. The van der Waals surface area contributed by atoms with Gasteiger partial charge >= 0.3 is 0 Å². The first kappa shape index (κ1) is 24.7. The molecule has 0 saturated carbocycles. The van der Waals surface area contributed by atoms with E-state index in [2.05, 4.69) is 79.6 Å². The number of nitrogens with zero attached hydrogens (tertiary/aromatic N) is 4. The molecular formula is C31H37N5O2. The average Bonchev–Trinajstić information content (AvgIpc) is 3.43. The summed E-state index contributed by atoms with van der Waals surface area (Å²) < 4.78 is 6.33. The van der Waals surface area contributed by atoms with Gasteiger partial charge in [0.2, 0.25) is 0 Å². The molecule has 0 radical (unpaired) electrons. The van der Waals surface area contributed by atoms with Crippen LogP contribution in [-0.2, 0) is 17.6 Å². The summed E-state index contributed by atoms with van der Waals surface area (Å²) in [6, 6.07) is 23.2. The molecule has 4 heterocycles. The Labute approximate surface area is 225 Å². The number of piperazine rings is 1. The third-order valence-electron chi connectivity index (χ3n) is 8.12. The summed E-state index contributed by atoms with van der Waals surface area (Å²) in [4.78, 5) is 24.9. The topological polar surface area (TPSA) is 60.9 Å². The molecule has 1 atom stereocenters. The number of fused-ring (bicyclic) bond motifs is 1. The third kappa shape index (κ3) is 5.63. The number of anilines is 2. The van der Waals surface area contributed by atoms with Crippen molar-refractivity contribution in [2.75, 3.05) is 55.6 Å². The molecule has 2 saturated heterocycles. The van der Waals surface area contributed by atoms with Gasteiger partial charge in [0.05, 0.1) is 5.69 Å². The minimum absolute atomic E-state index is 0.0182. The van der Waals surface area contributed by atoms with E-state index in [0.717, 1.165) is 87.8 Å². The molecule has 1 aromatic heterocycles. The lowest BCUT2D eigenvalue weighted by Gasteiger charge is -2.36. The summed E-state index contributed by atoms with van der Waals surface area (Å²) in [7, 11) is 0. The van der Waals surface area contributed by atoms with Crippen LogP contribution in [0.5, 0.6) is 5.75 Å². The Hall–Kier alpha value is -3.58. The molecule has 7 nitrogen and oxygen atoms in total. The minimum atomic E-state index is -0.446. The Morgan fingerprint density at radius 1 is 0.868 bits per heavy atom. The van der Waals surface area contributed by atoms with Crippen molar-refractivity contribution in [3.8, 4) is 5.75 Å². The fourth-order valence-corrected chi connectivity index (χ4v) is 5.89. The standard InChI is InChI=1S/C31H37N5O2/c37-31(33-26-13-17-35(18-14-26)27-9-2-1-3-10-27)29-23-24-7-6-11-28(30(24)38-29)36-21-19-34(20-22-36)16-12-25-8-4-5-15-32-25/h1-11,15,26,29H,12-14,16-23H2,(H,33,37). The number of aromatic nitrogens is 1. The number of nitrogens with one attached hydrogen (secondary N) is 1. The molecule has 3 aliphatic heterocycles. The smallest absolute Gasteiger partial charge is 0.261 e. The maximum Gasteiger partial charge on any atom is 0.261 e. The van der Waals surface area contributed by atoms with E-state index in [1.807, 2.05) is 18.3 Å². The van der Waals surface area contributed by atoms with Gasteiger partial charge in [0.25, 0.3) is 5.91 Å². The van der Waals surface area contributed by atoms with Crippen LogP contribution in [-0.4, -0.2) is 73.8 Å². The number of ether oxygens (including phenoxy) is 1. The van der Waals surface area contributed by atoms with Gasteiger partial charge in [-0.1, -0.05) is 36.4 Å². The summed E-state index contributed by atoms with van der Waals surface area (Å²) in [5, 5.41) is 3.28. The van der Waals surface area contributed by atoms with E-state index >= 15 is 0 Å². The number of hydrogen-bond donors (Lipinski definition) is 1. The molecule has 1 unspecified atom stereocenters. The molecule has 2 fully saturated rings. The van der Waals surface area contributed by atoms with E-state index in [4.69, 9.17) is 4.74 Å². The molecule has 0 spiro atoms. The van der Waals surface area contributed by atoms with Gasteiger partial charge in [-0.15, -0.1) is 0 Å². The van der Waals surface area contributed by atoms with Crippen molar-refractivity contribution >= 4 is 17.3 Å². The largest absolute Gasteiger partial charge is 0.478 e. The zero-order valence-corrected chi connectivity index (χ0v) is 22.0. The number of benzene rings is 2. The number of carbonyl (C=O) groups is 1. The summed E-state index contributed by atoms with van der Waals surface area (Å²) in [6.07, 6.45) is 4.95. The van der Waals surface area contributed by atoms with Crippen LogP contribution in [0.15, 0.2) is 72.9 Å². The van der Waals surface area contributed by atoms with Crippen molar-refractivity contribution in [3.63, 3.8) is 0 Å². The van der Waals surface area contributed by atoms with Crippen LogP contribution in [0, 0.1) is 0 Å². The monoisotopic (exact) mass is 511 g/mol. The number of para-hydroxylation sites is 2. The lowest BCUT2D eigenvalue weighted by molar-refractivity contribution is -0.128. The molecule has 2 aromatic carbocycles. The van der Waals surface area contributed by atoms with E-state index in [1.165, 1.54) is 5.69 Å². The van der Waals surface area contributed by atoms with Gasteiger partial charge in [0.1, 0.15) is 5.75 Å². The van der Waals surface area contributed by atoms with E-state index in [-0.39, 0.29) is 11.9 Å². The number of piperidine rings is 1. The average molecular weight is 512 g/mol. The molecule has 0 bridgehead atoms. The van der Waals surface area contributed by atoms with Crippen LogP contribution in [0.2, 0.25) is 0 Å². The second kappa shape index (κ2) is 11.4. The van der Waals surface area contributed by atoms with Crippen molar-refractivity contribution in [2.45, 2.75) is 37.8 Å². The molecule has 198 valence electrons. The molecule has 1 amide bonds. The fourth-order valence-electron chi connectivity index (χ4n) is 5.89. The van der Waals surface area contributed by atoms with Crippen LogP contribution in [0.1, 0.15) is 24.1 Å². The number of hydrogen-bond acceptors (Lipinski definition) is 6. The summed E-state index contributed by atoms with van der Waals surface area (Å²) in [5.41, 5.74) is 4.67. The highest BCUT2D eigenvalue weighted by Crippen LogP contribution is 2.39. The second-order valence-electron chi connectivity index (χ2n) is 10.6. The Morgan fingerprint density at radius 2 is 1.66 bits per heavy atom. The quantitative estimate of drug-likeness (QED) is 0.524. The Bertz CT molecular complexity index is 1210. The van der Waals surface area contributed by atoms with E-state index in [0.29, 0.717) is 6.42 Å². The highest BCUT2D eigenvalue weighted by atomic mass is 16.5. The van der Waals surface area contributed by atoms with E-state index in [9.17, 15) is 4.79 Å². The normalized spacial score (nSPS) is 20.2. The van der Waals surface area contributed by atoms with Crippen LogP contribution < -0.4 is 19.9 Å². The first-order chi connectivity index (χ1) is 18.7. The Morgan fingerprint density at radius 3 is 2.42 bits per heavy atom. The molecule has 0 aliphatic carbocycles. The van der Waals surface area contributed by atoms with E-state index < -0.39 is 6.10 Å². The van der Waals surface area contributed by atoms with Crippen molar-refractivity contribution in [3.05, 3.63) is 84.2 Å². The van der Waals surface area contributed by atoms with Gasteiger partial charge < -0.3 is 19.9 Å². The number of pyridine rings is 1.